The average Bonchev–Trinajstić information content (AvgIpc) is 2.73. The third kappa shape index (κ3) is 2.32. The van der Waals surface area contributed by atoms with Crippen molar-refractivity contribution in [1.29, 1.82) is 0 Å². The van der Waals surface area contributed by atoms with Crippen molar-refractivity contribution in [2.75, 3.05) is 7.05 Å². The summed E-state index contributed by atoms with van der Waals surface area (Å²) in [6.07, 6.45) is 3.42. The molecular weight excluding hydrogens is 224 g/mol. The Balaban J connectivity index is 2.34. The summed E-state index contributed by atoms with van der Waals surface area (Å²) in [7, 11) is -1.91. The molecule has 0 fully saturated rings. The minimum absolute atomic E-state index is 0.853. The van der Waals surface area contributed by atoms with Gasteiger partial charge in [0.2, 0.25) is 10.0 Å². The second-order valence-corrected chi connectivity index (χ2v) is 5.15. The van der Waals surface area contributed by atoms with Gasteiger partial charge in [0.15, 0.2) is 0 Å². The van der Waals surface area contributed by atoms with Gasteiger partial charge >= 0.3 is 0 Å². The molecule has 0 atom stereocenters. The standard InChI is InChI=1S/C11H12N2O2S/c1-12-16(14,15)7-5-9-2-3-11-10(8-9)4-6-13-11/h2-8,12-13H,1H3/b7-5+. The van der Waals surface area contributed by atoms with Crippen molar-refractivity contribution in [2.45, 2.75) is 0 Å². The lowest BCUT2D eigenvalue weighted by molar-refractivity contribution is 0.597. The zero-order valence-electron chi connectivity index (χ0n) is 8.77. The molecule has 16 heavy (non-hydrogen) atoms. The van der Waals surface area contributed by atoms with Crippen molar-refractivity contribution < 1.29 is 8.42 Å². The number of benzene rings is 1. The van der Waals surface area contributed by atoms with Gasteiger partial charge in [-0.1, -0.05) is 6.07 Å². The van der Waals surface area contributed by atoms with E-state index in [1.165, 1.54) is 7.05 Å². The van der Waals surface area contributed by atoms with Crippen LogP contribution in [-0.4, -0.2) is 20.4 Å². The van der Waals surface area contributed by atoms with E-state index in [9.17, 15) is 8.42 Å². The van der Waals surface area contributed by atoms with Crippen LogP contribution < -0.4 is 4.72 Å². The summed E-state index contributed by atoms with van der Waals surface area (Å²) in [4.78, 5) is 3.08. The minimum atomic E-state index is -3.30. The number of H-pyrrole nitrogens is 1. The van der Waals surface area contributed by atoms with Gasteiger partial charge in [-0.2, -0.15) is 0 Å². The van der Waals surface area contributed by atoms with E-state index in [1.807, 2.05) is 30.5 Å². The first kappa shape index (κ1) is 10.9. The number of fused-ring (bicyclic) bond motifs is 1. The van der Waals surface area contributed by atoms with Crippen molar-refractivity contribution in [3.05, 3.63) is 41.4 Å². The van der Waals surface area contributed by atoms with Gasteiger partial charge in [0.25, 0.3) is 0 Å². The lowest BCUT2D eigenvalue weighted by Gasteiger charge is -1.96. The van der Waals surface area contributed by atoms with Crippen LogP contribution >= 0.6 is 0 Å². The van der Waals surface area contributed by atoms with E-state index in [2.05, 4.69) is 9.71 Å². The normalized spacial score (nSPS) is 12.6. The second-order valence-electron chi connectivity index (χ2n) is 3.38. The summed E-state index contributed by atoms with van der Waals surface area (Å²) in [6.45, 7) is 0. The van der Waals surface area contributed by atoms with Crippen molar-refractivity contribution in [3.8, 4) is 0 Å². The van der Waals surface area contributed by atoms with E-state index in [4.69, 9.17) is 0 Å². The number of rotatable bonds is 3. The maximum Gasteiger partial charge on any atom is 0.233 e. The number of hydrogen-bond donors (Lipinski definition) is 2. The molecule has 0 amide bonds. The Hall–Kier alpha value is -1.59. The molecule has 0 aliphatic rings. The largest absolute Gasteiger partial charge is 0.361 e. The van der Waals surface area contributed by atoms with Crippen LogP contribution in [0.3, 0.4) is 0 Å². The monoisotopic (exact) mass is 236 g/mol. The highest BCUT2D eigenvalue weighted by Crippen LogP contribution is 2.15. The van der Waals surface area contributed by atoms with Gasteiger partial charge in [0, 0.05) is 17.1 Å². The highest BCUT2D eigenvalue weighted by Gasteiger charge is 1.99. The molecule has 0 saturated carbocycles. The van der Waals surface area contributed by atoms with Crippen LogP contribution in [0.25, 0.3) is 17.0 Å². The van der Waals surface area contributed by atoms with Crippen LogP contribution in [0.15, 0.2) is 35.9 Å². The van der Waals surface area contributed by atoms with Gasteiger partial charge < -0.3 is 4.98 Å². The van der Waals surface area contributed by atoms with E-state index in [-0.39, 0.29) is 0 Å². The number of aromatic amines is 1. The summed E-state index contributed by atoms with van der Waals surface area (Å²) >= 11 is 0. The summed E-state index contributed by atoms with van der Waals surface area (Å²) in [6, 6.07) is 7.65. The lowest BCUT2D eigenvalue weighted by atomic mass is 10.1. The Morgan fingerprint density at radius 2 is 2.12 bits per heavy atom. The fourth-order valence-corrected chi connectivity index (χ4v) is 1.88. The van der Waals surface area contributed by atoms with E-state index in [0.29, 0.717) is 0 Å². The minimum Gasteiger partial charge on any atom is -0.361 e. The van der Waals surface area contributed by atoms with Crippen molar-refractivity contribution in [3.63, 3.8) is 0 Å². The van der Waals surface area contributed by atoms with E-state index < -0.39 is 10.0 Å². The Morgan fingerprint density at radius 3 is 2.88 bits per heavy atom. The van der Waals surface area contributed by atoms with E-state index in [1.54, 1.807) is 6.08 Å². The number of aromatic nitrogens is 1. The molecule has 1 aromatic heterocycles. The Bertz CT molecular complexity index is 626. The summed E-state index contributed by atoms with van der Waals surface area (Å²) in [5.41, 5.74) is 1.89. The fraction of sp³-hybridized carbons (Fsp3) is 0.0909. The number of hydrogen-bond acceptors (Lipinski definition) is 2. The average molecular weight is 236 g/mol. The van der Waals surface area contributed by atoms with Crippen LogP contribution in [0.5, 0.6) is 0 Å². The maximum atomic E-state index is 11.2. The topological polar surface area (TPSA) is 62.0 Å². The molecule has 0 saturated heterocycles. The molecule has 0 aliphatic heterocycles. The van der Waals surface area contributed by atoms with E-state index >= 15 is 0 Å². The predicted octanol–water partition coefficient (Wildman–Crippen LogP) is 1.69. The van der Waals surface area contributed by atoms with Crippen molar-refractivity contribution in [2.24, 2.45) is 0 Å². The first-order chi connectivity index (χ1) is 7.61. The predicted molar refractivity (Wildman–Crippen MR) is 65.3 cm³/mol. The molecule has 2 aromatic rings. The highest BCUT2D eigenvalue weighted by atomic mass is 32.2. The first-order valence-corrected chi connectivity index (χ1v) is 6.34. The molecule has 84 valence electrons. The van der Waals surface area contributed by atoms with Gasteiger partial charge in [-0.05, 0) is 42.3 Å². The van der Waals surface area contributed by atoms with Crippen LogP contribution in [0.2, 0.25) is 0 Å². The van der Waals surface area contributed by atoms with Crippen LogP contribution in [-0.2, 0) is 10.0 Å². The quantitative estimate of drug-likeness (QED) is 0.851. The van der Waals surface area contributed by atoms with Crippen molar-refractivity contribution in [1.82, 2.24) is 9.71 Å². The van der Waals surface area contributed by atoms with Crippen molar-refractivity contribution >= 4 is 27.0 Å². The maximum absolute atomic E-state index is 11.2. The van der Waals surface area contributed by atoms with Crippen LogP contribution in [0, 0.1) is 0 Å². The molecule has 2 rings (SSSR count). The van der Waals surface area contributed by atoms with Crippen LogP contribution in [0.4, 0.5) is 0 Å². The van der Waals surface area contributed by atoms with Gasteiger partial charge in [-0.3, -0.25) is 0 Å². The summed E-state index contributed by atoms with van der Waals surface area (Å²) in [5.74, 6) is 0. The Kier molecular flexibility index (Phi) is 2.80. The fourth-order valence-electron chi connectivity index (χ4n) is 1.41. The molecule has 1 aromatic carbocycles. The molecule has 0 aliphatic carbocycles. The molecule has 0 unspecified atom stereocenters. The molecule has 5 heteroatoms. The van der Waals surface area contributed by atoms with Gasteiger partial charge in [-0.15, -0.1) is 0 Å². The van der Waals surface area contributed by atoms with Gasteiger partial charge in [0.1, 0.15) is 0 Å². The third-order valence-electron chi connectivity index (χ3n) is 2.30. The Labute approximate surface area is 94.0 Å². The van der Waals surface area contributed by atoms with Crippen LogP contribution in [0.1, 0.15) is 5.56 Å². The molecule has 0 radical (unpaired) electrons. The molecule has 1 heterocycles. The molecule has 0 bridgehead atoms. The van der Waals surface area contributed by atoms with Gasteiger partial charge in [0.05, 0.1) is 0 Å². The highest BCUT2D eigenvalue weighted by molar-refractivity contribution is 7.92. The zero-order valence-corrected chi connectivity index (χ0v) is 9.58. The number of sulfonamides is 1. The molecule has 0 spiro atoms. The molecule has 4 nitrogen and oxygen atoms in total. The first-order valence-electron chi connectivity index (χ1n) is 4.79. The van der Waals surface area contributed by atoms with E-state index in [0.717, 1.165) is 21.9 Å². The Morgan fingerprint density at radius 1 is 1.31 bits per heavy atom. The SMILES string of the molecule is CNS(=O)(=O)/C=C/c1ccc2[nH]ccc2c1. The zero-order chi connectivity index (χ0) is 11.6. The third-order valence-corrected chi connectivity index (χ3v) is 3.36. The molecule has 2 N–H and O–H groups in total. The number of nitrogens with one attached hydrogen (secondary N) is 2. The molecular formula is C11H12N2O2S. The summed E-state index contributed by atoms with van der Waals surface area (Å²) in [5, 5.41) is 2.21. The summed E-state index contributed by atoms with van der Waals surface area (Å²) < 4.78 is 24.6. The lowest BCUT2D eigenvalue weighted by Crippen LogP contribution is -2.14. The van der Waals surface area contributed by atoms with Gasteiger partial charge in [-0.25, -0.2) is 13.1 Å². The smallest absolute Gasteiger partial charge is 0.233 e. The second kappa shape index (κ2) is 4.11.